The van der Waals surface area contributed by atoms with E-state index in [-0.39, 0.29) is 11.5 Å². The van der Waals surface area contributed by atoms with Gasteiger partial charge >= 0.3 is 6.09 Å². The molecule has 0 aromatic carbocycles. The van der Waals surface area contributed by atoms with Gasteiger partial charge in [-0.15, -0.1) is 0 Å². The van der Waals surface area contributed by atoms with Crippen LogP contribution in [0.5, 0.6) is 0 Å². The summed E-state index contributed by atoms with van der Waals surface area (Å²) in [5.41, 5.74) is 5.76. The van der Waals surface area contributed by atoms with Crippen molar-refractivity contribution in [3.63, 3.8) is 0 Å². The summed E-state index contributed by atoms with van der Waals surface area (Å²) in [5, 5.41) is 2.79. The van der Waals surface area contributed by atoms with E-state index in [1.807, 2.05) is 13.8 Å². The molecule has 0 aromatic rings. The molecule has 0 heterocycles. The monoisotopic (exact) mass is 230 g/mol. The zero-order valence-corrected chi connectivity index (χ0v) is 11.0. The van der Waals surface area contributed by atoms with Crippen LogP contribution in [0.3, 0.4) is 0 Å². The highest BCUT2D eigenvalue weighted by Gasteiger charge is 2.25. The Morgan fingerprint density at radius 2 is 1.94 bits per heavy atom. The molecule has 0 fully saturated rings. The van der Waals surface area contributed by atoms with Crippen molar-refractivity contribution in [1.29, 1.82) is 0 Å². The van der Waals surface area contributed by atoms with Crippen LogP contribution in [0.4, 0.5) is 4.79 Å². The Morgan fingerprint density at radius 3 is 2.31 bits per heavy atom. The van der Waals surface area contributed by atoms with Gasteiger partial charge in [0.15, 0.2) is 0 Å². The van der Waals surface area contributed by atoms with Crippen molar-refractivity contribution in [2.24, 2.45) is 17.1 Å². The van der Waals surface area contributed by atoms with Crippen LogP contribution < -0.4 is 11.1 Å². The molecule has 0 saturated carbocycles. The normalized spacial score (nSPS) is 11.6. The Hall–Kier alpha value is -0.770. The molecule has 0 aromatic heterocycles. The smallest absolute Gasteiger partial charge is 0.407 e. The van der Waals surface area contributed by atoms with Gasteiger partial charge in [0, 0.05) is 6.54 Å². The lowest BCUT2D eigenvalue weighted by Crippen LogP contribution is -2.42. The number of nitrogens with one attached hydrogen (secondary N) is 1. The fourth-order valence-electron chi connectivity index (χ4n) is 1.41. The number of alkyl carbamates (subject to hydrolysis) is 1. The van der Waals surface area contributed by atoms with E-state index in [1.54, 1.807) is 0 Å². The Labute approximate surface area is 98.9 Å². The maximum Gasteiger partial charge on any atom is 0.407 e. The Balaban J connectivity index is 3.97. The van der Waals surface area contributed by atoms with Crippen LogP contribution in [0.25, 0.3) is 0 Å². The highest BCUT2D eigenvalue weighted by Crippen LogP contribution is 2.23. The summed E-state index contributed by atoms with van der Waals surface area (Å²) in [6.07, 6.45) is 1.59. The molecule has 0 aliphatic rings. The second-order valence-corrected chi connectivity index (χ2v) is 4.76. The first-order valence-corrected chi connectivity index (χ1v) is 6.10. The maximum atomic E-state index is 11.4. The molecular formula is C12H26N2O2. The fourth-order valence-corrected chi connectivity index (χ4v) is 1.41. The second-order valence-electron chi connectivity index (χ2n) is 4.76. The number of nitrogens with two attached hydrogens (primary N) is 1. The largest absolute Gasteiger partial charge is 0.449 e. The summed E-state index contributed by atoms with van der Waals surface area (Å²) in [6.45, 7) is 9.84. The van der Waals surface area contributed by atoms with Crippen molar-refractivity contribution in [2.45, 2.75) is 40.5 Å². The quantitative estimate of drug-likeness (QED) is 0.704. The minimum absolute atomic E-state index is 0.0108. The van der Waals surface area contributed by atoms with Crippen LogP contribution in [-0.2, 0) is 4.74 Å². The summed E-state index contributed by atoms with van der Waals surface area (Å²) < 4.78 is 5.04. The molecule has 16 heavy (non-hydrogen) atoms. The van der Waals surface area contributed by atoms with Gasteiger partial charge in [0.2, 0.25) is 0 Å². The molecular weight excluding hydrogens is 204 g/mol. The van der Waals surface area contributed by atoms with Gasteiger partial charge < -0.3 is 15.8 Å². The Bertz CT molecular complexity index is 193. The van der Waals surface area contributed by atoms with Crippen molar-refractivity contribution >= 4 is 6.09 Å². The maximum absolute atomic E-state index is 11.4. The molecule has 0 radical (unpaired) electrons. The van der Waals surface area contributed by atoms with Gasteiger partial charge in [-0.3, -0.25) is 0 Å². The van der Waals surface area contributed by atoms with Crippen LogP contribution in [-0.4, -0.2) is 25.8 Å². The van der Waals surface area contributed by atoms with Crippen molar-refractivity contribution in [3.05, 3.63) is 0 Å². The number of carbonyl (C=O) groups excluding carboxylic acids is 1. The van der Waals surface area contributed by atoms with Crippen molar-refractivity contribution in [3.8, 4) is 0 Å². The Kier molecular flexibility index (Phi) is 7.13. The lowest BCUT2D eigenvalue weighted by Gasteiger charge is -2.30. The molecule has 0 atom stereocenters. The molecule has 0 aliphatic heterocycles. The van der Waals surface area contributed by atoms with Crippen LogP contribution in [0.1, 0.15) is 40.5 Å². The molecule has 4 heteroatoms. The number of hydrogen-bond acceptors (Lipinski definition) is 3. The molecule has 1 amide bonds. The molecule has 0 saturated heterocycles. The zero-order chi connectivity index (χ0) is 12.6. The summed E-state index contributed by atoms with van der Waals surface area (Å²) in [7, 11) is 0. The predicted octanol–water partition coefficient (Wildman–Crippen LogP) is 2.13. The number of rotatable bonds is 7. The highest BCUT2D eigenvalue weighted by atomic mass is 16.5. The van der Waals surface area contributed by atoms with Crippen LogP contribution >= 0.6 is 0 Å². The zero-order valence-electron chi connectivity index (χ0n) is 11.0. The minimum atomic E-state index is -0.339. The van der Waals surface area contributed by atoms with Crippen LogP contribution in [0.15, 0.2) is 0 Å². The molecule has 0 bridgehead atoms. The molecule has 0 aliphatic carbocycles. The van der Waals surface area contributed by atoms with Gasteiger partial charge in [0.25, 0.3) is 0 Å². The SMILES string of the molecule is CCC(CC)(CN)CNC(=O)OCC(C)C. The fraction of sp³-hybridized carbons (Fsp3) is 0.917. The second kappa shape index (κ2) is 7.49. The van der Waals surface area contributed by atoms with Gasteiger partial charge in [-0.25, -0.2) is 4.79 Å². The first kappa shape index (κ1) is 15.2. The van der Waals surface area contributed by atoms with E-state index in [1.165, 1.54) is 0 Å². The number of amides is 1. The van der Waals surface area contributed by atoms with Crippen molar-refractivity contribution in [1.82, 2.24) is 5.32 Å². The lowest BCUT2D eigenvalue weighted by atomic mass is 9.82. The van der Waals surface area contributed by atoms with Crippen molar-refractivity contribution < 1.29 is 9.53 Å². The van der Waals surface area contributed by atoms with Crippen molar-refractivity contribution in [2.75, 3.05) is 19.7 Å². The standard InChI is InChI=1S/C12H26N2O2/c1-5-12(6-2,8-13)9-14-11(15)16-7-10(3)4/h10H,5-9,13H2,1-4H3,(H,14,15). The summed E-state index contributed by atoms with van der Waals surface area (Å²) in [6, 6.07) is 0. The minimum Gasteiger partial charge on any atom is -0.449 e. The van der Waals surface area contributed by atoms with E-state index in [2.05, 4.69) is 19.2 Å². The predicted molar refractivity (Wildman–Crippen MR) is 66.3 cm³/mol. The first-order valence-electron chi connectivity index (χ1n) is 6.10. The lowest BCUT2D eigenvalue weighted by molar-refractivity contribution is 0.126. The van der Waals surface area contributed by atoms with Gasteiger partial charge in [-0.05, 0) is 30.7 Å². The molecule has 3 N–H and O–H groups in total. The third-order valence-corrected chi connectivity index (χ3v) is 3.09. The van der Waals surface area contributed by atoms with E-state index < -0.39 is 0 Å². The van der Waals surface area contributed by atoms with E-state index >= 15 is 0 Å². The van der Waals surface area contributed by atoms with E-state index in [4.69, 9.17) is 10.5 Å². The third-order valence-electron chi connectivity index (χ3n) is 3.09. The third kappa shape index (κ3) is 5.35. The average Bonchev–Trinajstić information content (AvgIpc) is 2.29. The van der Waals surface area contributed by atoms with Crippen LogP contribution in [0, 0.1) is 11.3 Å². The van der Waals surface area contributed by atoms with Gasteiger partial charge in [-0.1, -0.05) is 27.7 Å². The summed E-state index contributed by atoms with van der Waals surface area (Å²) in [4.78, 5) is 11.4. The Morgan fingerprint density at radius 1 is 1.38 bits per heavy atom. The first-order chi connectivity index (χ1) is 7.49. The van der Waals surface area contributed by atoms with Gasteiger partial charge in [0.05, 0.1) is 6.61 Å². The molecule has 0 spiro atoms. The highest BCUT2D eigenvalue weighted by molar-refractivity contribution is 5.67. The molecule has 0 unspecified atom stereocenters. The van der Waals surface area contributed by atoms with Gasteiger partial charge in [0.1, 0.15) is 0 Å². The summed E-state index contributed by atoms with van der Waals surface area (Å²) >= 11 is 0. The summed E-state index contributed by atoms with van der Waals surface area (Å²) in [5.74, 6) is 0.363. The number of ether oxygens (including phenoxy) is 1. The molecule has 0 rings (SSSR count). The average molecular weight is 230 g/mol. The van der Waals surface area contributed by atoms with Gasteiger partial charge in [-0.2, -0.15) is 0 Å². The van der Waals surface area contributed by atoms with E-state index in [0.29, 0.717) is 25.6 Å². The van der Waals surface area contributed by atoms with E-state index in [0.717, 1.165) is 12.8 Å². The molecule has 4 nitrogen and oxygen atoms in total. The topological polar surface area (TPSA) is 64.3 Å². The number of carbonyl (C=O) groups is 1. The molecule has 96 valence electrons. The number of hydrogen-bond donors (Lipinski definition) is 2. The van der Waals surface area contributed by atoms with Crippen LogP contribution in [0.2, 0.25) is 0 Å². The van der Waals surface area contributed by atoms with E-state index in [9.17, 15) is 4.79 Å².